The molecule has 0 bridgehead atoms. The topological polar surface area (TPSA) is 28.7 Å². The molecule has 0 aliphatic heterocycles. The highest BCUT2D eigenvalue weighted by atomic mass is 19.3. The van der Waals surface area contributed by atoms with Gasteiger partial charge in [0, 0.05) is 22.8 Å². The van der Waals surface area contributed by atoms with Crippen LogP contribution in [-0.2, 0) is 0 Å². The highest BCUT2D eigenvalue weighted by molar-refractivity contribution is 5.85. The van der Waals surface area contributed by atoms with Crippen LogP contribution < -0.4 is 0 Å². The van der Waals surface area contributed by atoms with E-state index in [0.29, 0.717) is 11.0 Å². The van der Waals surface area contributed by atoms with Crippen LogP contribution in [-0.4, -0.2) is 9.97 Å². The first kappa shape index (κ1) is 10.9. The number of rotatable bonds is 2. The van der Waals surface area contributed by atoms with E-state index in [-0.39, 0.29) is 5.56 Å². The number of nitrogens with one attached hydrogen (secondary N) is 1. The van der Waals surface area contributed by atoms with Crippen molar-refractivity contribution < 1.29 is 8.78 Å². The molecule has 0 fully saturated rings. The first-order chi connectivity index (χ1) is 8.75. The van der Waals surface area contributed by atoms with Crippen molar-refractivity contribution in [2.45, 2.75) is 6.43 Å². The Morgan fingerprint density at radius 1 is 1.06 bits per heavy atom. The van der Waals surface area contributed by atoms with Gasteiger partial charge >= 0.3 is 0 Å². The minimum Gasteiger partial charge on any atom is -0.339 e. The lowest BCUT2D eigenvalue weighted by Gasteiger charge is -1.99. The quantitative estimate of drug-likeness (QED) is 0.720. The van der Waals surface area contributed by atoms with E-state index in [9.17, 15) is 8.78 Å². The number of alkyl halides is 2. The second-order valence-corrected chi connectivity index (χ2v) is 4.01. The standard InChI is InChI=1S/C14H10F2N2/c15-13(16)10-6-7-17-14-11(10)8-12(18-14)9-4-2-1-3-5-9/h1-8,13H,(H,17,18). The number of benzene rings is 1. The van der Waals surface area contributed by atoms with Crippen LogP contribution in [0.4, 0.5) is 8.78 Å². The summed E-state index contributed by atoms with van der Waals surface area (Å²) >= 11 is 0. The molecule has 0 saturated heterocycles. The molecule has 0 aliphatic rings. The second-order valence-electron chi connectivity index (χ2n) is 4.01. The first-order valence-corrected chi connectivity index (χ1v) is 5.57. The van der Waals surface area contributed by atoms with E-state index in [4.69, 9.17) is 0 Å². The van der Waals surface area contributed by atoms with Crippen molar-refractivity contribution in [2.24, 2.45) is 0 Å². The van der Waals surface area contributed by atoms with Gasteiger partial charge in [-0.3, -0.25) is 0 Å². The van der Waals surface area contributed by atoms with Crippen LogP contribution in [0.15, 0.2) is 48.7 Å². The molecule has 0 radical (unpaired) electrons. The lowest BCUT2D eigenvalue weighted by Crippen LogP contribution is -1.86. The zero-order chi connectivity index (χ0) is 12.5. The lowest BCUT2D eigenvalue weighted by molar-refractivity contribution is 0.153. The number of aromatic nitrogens is 2. The molecule has 2 aromatic heterocycles. The van der Waals surface area contributed by atoms with Gasteiger partial charge in [0.1, 0.15) is 5.65 Å². The average molecular weight is 244 g/mol. The Balaban J connectivity index is 2.20. The zero-order valence-electron chi connectivity index (χ0n) is 9.40. The number of nitrogens with zero attached hydrogens (tertiary/aromatic N) is 1. The molecule has 0 unspecified atom stereocenters. The minimum absolute atomic E-state index is 0.0124. The van der Waals surface area contributed by atoms with Crippen LogP contribution >= 0.6 is 0 Å². The Bertz CT molecular complexity index is 675. The fourth-order valence-electron chi connectivity index (χ4n) is 2.01. The van der Waals surface area contributed by atoms with Gasteiger partial charge in [-0.05, 0) is 17.7 Å². The molecule has 18 heavy (non-hydrogen) atoms. The summed E-state index contributed by atoms with van der Waals surface area (Å²) in [7, 11) is 0. The summed E-state index contributed by atoms with van der Waals surface area (Å²) in [6.45, 7) is 0. The molecule has 3 rings (SSSR count). The maximum atomic E-state index is 12.9. The van der Waals surface area contributed by atoms with Crippen LogP contribution in [0.3, 0.4) is 0 Å². The summed E-state index contributed by atoms with van der Waals surface area (Å²) in [5, 5.41) is 0.478. The van der Waals surface area contributed by atoms with E-state index in [2.05, 4.69) is 9.97 Å². The molecular weight excluding hydrogens is 234 g/mol. The molecule has 2 nitrogen and oxygen atoms in total. The molecule has 0 amide bonds. The first-order valence-electron chi connectivity index (χ1n) is 5.57. The van der Waals surface area contributed by atoms with Gasteiger partial charge in [-0.15, -0.1) is 0 Å². The number of aromatic amines is 1. The largest absolute Gasteiger partial charge is 0.339 e. The van der Waals surface area contributed by atoms with Gasteiger partial charge in [0.2, 0.25) is 0 Å². The van der Waals surface area contributed by atoms with Gasteiger partial charge < -0.3 is 4.98 Å². The van der Waals surface area contributed by atoms with Crippen molar-refractivity contribution in [2.75, 3.05) is 0 Å². The number of halogens is 2. The fraction of sp³-hybridized carbons (Fsp3) is 0.0714. The number of hydrogen-bond acceptors (Lipinski definition) is 1. The highest BCUT2D eigenvalue weighted by Gasteiger charge is 2.14. The molecule has 90 valence electrons. The molecule has 2 heterocycles. The average Bonchev–Trinajstić information content (AvgIpc) is 2.83. The van der Waals surface area contributed by atoms with Gasteiger partial charge in [0.05, 0.1) is 0 Å². The molecule has 0 saturated carbocycles. The Morgan fingerprint density at radius 2 is 1.83 bits per heavy atom. The van der Waals surface area contributed by atoms with Crippen molar-refractivity contribution in [1.29, 1.82) is 0 Å². The van der Waals surface area contributed by atoms with Crippen LogP contribution in [0.1, 0.15) is 12.0 Å². The minimum atomic E-state index is -2.49. The highest BCUT2D eigenvalue weighted by Crippen LogP contribution is 2.30. The molecule has 0 spiro atoms. The summed E-state index contributed by atoms with van der Waals surface area (Å²) < 4.78 is 25.7. The predicted octanol–water partition coefficient (Wildman–Crippen LogP) is 4.17. The van der Waals surface area contributed by atoms with E-state index in [0.717, 1.165) is 11.3 Å². The van der Waals surface area contributed by atoms with Gasteiger partial charge in [0.15, 0.2) is 0 Å². The van der Waals surface area contributed by atoms with Crippen molar-refractivity contribution in [3.8, 4) is 11.3 Å². The van der Waals surface area contributed by atoms with Crippen molar-refractivity contribution in [3.63, 3.8) is 0 Å². The normalized spacial score (nSPS) is 11.3. The van der Waals surface area contributed by atoms with E-state index in [1.54, 1.807) is 6.07 Å². The monoisotopic (exact) mass is 244 g/mol. The van der Waals surface area contributed by atoms with Gasteiger partial charge in [-0.2, -0.15) is 0 Å². The molecule has 0 aliphatic carbocycles. The van der Waals surface area contributed by atoms with Crippen molar-refractivity contribution in [1.82, 2.24) is 9.97 Å². The van der Waals surface area contributed by atoms with Crippen LogP contribution in [0, 0.1) is 0 Å². The smallest absolute Gasteiger partial charge is 0.264 e. The van der Waals surface area contributed by atoms with Crippen LogP contribution in [0.25, 0.3) is 22.3 Å². The third-order valence-electron chi connectivity index (χ3n) is 2.89. The maximum absolute atomic E-state index is 12.9. The predicted molar refractivity (Wildman–Crippen MR) is 66.5 cm³/mol. The summed E-state index contributed by atoms with van der Waals surface area (Å²) in [6, 6.07) is 12.6. The Kier molecular flexibility index (Phi) is 2.55. The Hall–Kier alpha value is -2.23. The Morgan fingerprint density at radius 3 is 2.56 bits per heavy atom. The lowest BCUT2D eigenvalue weighted by atomic mass is 10.1. The van der Waals surface area contributed by atoms with E-state index < -0.39 is 6.43 Å². The van der Waals surface area contributed by atoms with E-state index in [1.807, 2.05) is 30.3 Å². The molecular formula is C14H10F2N2. The van der Waals surface area contributed by atoms with Gasteiger partial charge in [-0.1, -0.05) is 30.3 Å². The summed E-state index contributed by atoms with van der Waals surface area (Å²) in [4.78, 5) is 7.14. The molecule has 0 atom stereocenters. The van der Waals surface area contributed by atoms with Gasteiger partial charge in [0.25, 0.3) is 6.43 Å². The number of pyridine rings is 1. The molecule has 1 N–H and O–H groups in total. The molecule has 4 heteroatoms. The third-order valence-corrected chi connectivity index (χ3v) is 2.89. The van der Waals surface area contributed by atoms with Gasteiger partial charge in [-0.25, -0.2) is 13.8 Å². The fourth-order valence-corrected chi connectivity index (χ4v) is 2.01. The van der Waals surface area contributed by atoms with Crippen molar-refractivity contribution in [3.05, 3.63) is 54.2 Å². The number of H-pyrrole nitrogens is 1. The summed E-state index contributed by atoms with van der Waals surface area (Å²) in [5.74, 6) is 0. The van der Waals surface area contributed by atoms with E-state index >= 15 is 0 Å². The van der Waals surface area contributed by atoms with E-state index in [1.165, 1.54) is 12.3 Å². The number of hydrogen-bond donors (Lipinski definition) is 1. The SMILES string of the molecule is FC(F)c1ccnc2[nH]c(-c3ccccc3)cc12. The van der Waals surface area contributed by atoms with Crippen LogP contribution in [0.2, 0.25) is 0 Å². The maximum Gasteiger partial charge on any atom is 0.264 e. The number of fused-ring (bicyclic) bond motifs is 1. The summed E-state index contributed by atoms with van der Waals surface area (Å²) in [5.41, 5.74) is 2.26. The third kappa shape index (κ3) is 1.76. The zero-order valence-corrected chi connectivity index (χ0v) is 9.40. The second kappa shape index (κ2) is 4.22. The van der Waals surface area contributed by atoms with Crippen LogP contribution in [0.5, 0.6) is 0 Å². The Labute approximate surface area is 102 Å². The molecule has 3 aromatic rings. The van der Waals surface area contributed by atoms with Crippen molar-refractivity contribution >= 4 is 11.0 Å². The summed E-state index contributed by atoms with van der Waals surface area (Å²) in [6.07, 6.45) is -1.09. The molecule has 1 aromatic carbocycles.